The second-order valence-corrected chi connectivity index (χ2v) is 9.39. The fourth-order valence-electron chi connectivity index (χ4n) is 1.80. The predicted octanol–water partition coefficient (Wildman–Crippen LogP) is 1.77. The topological polar surface area (TPSA) is 6.48 Å². The molecule has 0 amide bonds. The van der Waals surface area contributed by atoms with E-state index in [0.29, 0.717) is 5.41 Å². The van der Waals surface area contributed by atoms with Crippen LogP contribution in [0.15, 0.2) is 0 Å². The van der Waals surface area contributed by atoms with Gasteiger partial charge in [-0.1, -0.05) is 27.7 Å². The summed E-state index contributed by atoms with van der Waals surface area (Å²) < 4.78 is 4.85. The molecule has 80 valence electrons. The van der Waals surface area contributed by atoms with E-state index in [9.17, 15) is 0 Å². The van der Waals surface area contributed by atoms with Crippen LogP contribution in [-0.4, -0.2) is 46.4 Å². The van der Waals surface area contributed by atoms with Crippen molar-refractivity contribution in [2.75, 3.05) is 28.2 Å². The van der Waals surface area contributed by atoms with Gasteiger partial charge in [0.15, 0.2) is 9.12 Å². The van der Waals surface area contributed by atoms with Gasteiger partial charge in [0.05, 0.1) is 0 Å². The number of hydrogen-bond acceptors (Lipinski definition) is 2. The van der Waals surface area contributed by atoms with E-state index in [1.54, 1.807) is 0 Å². The van der Waals surface area contributed by atoms with Crippen molar-refractivity contribution in [2.24, 2.45) is 5.41 Å². The van der Waals surface area contributed by atoms with Crippen LogP contribution in [0.3, 0.4) is 0 Å². The number of rotatable bonds is 3. The second-order valence-electron chi connectivity index (χ2n) is 5.50. The van der Waals surface area contributed by atoms with Gasteiger partial charge in [-0.25, -0.2) is 0 Å². The van der Waals surface area contributed by atoms with Crippen LogP contribution in [0.2, 0.25) is 5.54 Å². The first-order chi connectivity index (χ1) is 5.68. The zero-order valence-corrected chi connectivity index (χ0v) is 11.7. The first kappa shape index (κ1) is 13.1. The van der Waals surface area contributed by atoms with Gasteiger partial charge in [0, 0.05) is 0 Å². The fraction of sp³-hybridized carbons (Fsp3) is 1.00. The molecule has 1 unspecified atom stereocenters. The van der Waals surface area contributed by atoms with Crippen LogP contribution in [0.4, 0.5) is 0 Å². The zero-order valence-electron chi connectivity index (χ0n) is 10.5. The molecule has 0 aliphatic heterocycles. The largest absolute Gasteiger partial charge is 0.319 e. The van der Waals surface area contributed by atoms with Crippen molar-refractivity contribution in [3.8, 4) is 0 Å². The van der Waals surface area contributed by atoms with Crippen LogP contribution >= 0.6 is 0 Å². The molecule has 0 aromatic carbocycles. The molecule has 1 atom stereocenters. The molecule has 0 spiro atoms. The van der Waals surface area contributed by atoms with Crippen LogP contribution in [0.5, 0.6) is 0 Å². The Morgan fingerprint density at radius 3 is 1.31 bits per heavy atom. The molecular formula is C10H26N2Si. The van der Waals surface area contributed by atoms with Crippen molar-refractivity contribution >= 4 is 9.12 Å². The highest BCUT2D eigenvalue weighted by Crippen LogP contribution is 2.34. The fourth-order valence-corrected chi connectivity index (χ4v) is 5.41. The second kappa shape index (κ2) is 4.58. The van der Waals surface area contributed by atoms with Crippen molar-refractivity contribution < 1.29 is 0 Å². The van der Waals surface area contributed by atoms with Gasteiger partial charge in [-0.2, -0.15) is 0 Å². The molecule has 13 heavy (non-hydrogen) atoms. The van der Waals surface area contributed by atoms with E-state index < -0.39 is 9.12 Å². The third-order valence-corrected chi connectivity index (χ3v) is 6.88. The third-order valence-electron chi connectivity index (χ3n) is 2.87. The van der Waals surface area contributed by atoms with Gasteiger partial charge >= 0.3 is 0 Å². The molecular weight excluding hydrogens is 176 g/mol. The maximum Gasteiger partial charge on any atom is 0.192 e. The molecule has 0 rings (SSSR count). The number of hydrogen-bond donors (Lipinski definition) is 0. The minimum atomic E-state index is -0.933. The Balaban J connectivity index is 4.56. The van der Waals surface area contributed by atoms with E-state index >= 15 is 0 Å². The van der Waals surface area contributed by atoms with Gasteiger partial charge in [0.1, 0.15) is 0 Å². The van der Waals surface area contributed by atoms with Gasteiger partial charge in [0.25, 0.3) is 0 Å². The van der Waals surface area contributed by atoms with E-state index in [4.69, 9.17) is 0 Å². The molecule has 0 aliphatic carbocycles. The molecule has 0 aromatic heterocycles. The molecule has 0 radical (unpaired) electrons. The van der Waals surface area contributed by atoms with Crippen LogP contribution < -0.4 is 0 Å². The highest BCUT2D eigenvalue weighted by atomic mass is 28.3. The molecule has 0 N–H and O–H groups in total. The molecule has 0 heterocycles. The summed E-state index contributed by atoms with van der Waals surface area (Å²) in [5.41, 5.74) is 1.21. The minimum absolute atomic E-state index is 0.422. The van der Waals surface area contributed by atoms with E-state index in [1.807, 2.05) is 0 Å². The summed E-state index contributed by atoms with van der Waals surface area (Å²) in [6, 6.07) is 0. The van der Waals surface area contributed by atoms with Crippen molar-refractivity contribution in [2.45, 2.75) is 33.2 Å². The highest BCUT2D eigenvalue weighted by Gasteiger charge is 2.32. The highest BCUT2D eigenvalue weighted by molar-refractivity contribution is 6.54. The molecule has 0 aromatic rings. The summed E-state index contributed by atoms with van der Waals surface area (Å²) in [4.78, 5) is 0. The van der Waals surface area contributed by atoms with E-state index in [-0.39, 0.29) is 0 Å². The van der Waals surface area contributed by atoms with Gasteiger partial charge in [0.2, 0.25) is 0 Å². The Kier molecular flexibility index (Phi) is 4.62. The number of nitrogens with zero attached hydrogens (tertiary/aromatic N) is 2. The van der Waals surface area contributed by atoms with E-state index in [2.05, 4.69) is 65.0 Å². The maximum atomic E-state index is 2.43. The average molecular weight is 202 g/mol. The lowest BCUT2D eigenvalue weighted by molar-refractivity contribution is 0.352. The van der Waals surface area contributed by atoms with Crippen LogP contribution in [-0.2, 0) is 0 Å². The van der Waals surface area contributed by atoms with Gasteiger partial charge in [-0.3, -0.25) is 0 Å². The lowest BCUT2D eigenvalue weighted by atomic mass is 9.93. The first-order valence-electron chi connectivity index (χ1n) is 5.00. The van der Waals surface area contributed by atoms with Crippen molar-refractivity contribution in [1.29, 1.82) is 0 Å². The molecule has 2 nitrogen and oxygen atoms in total. The molecule has 0 saturated heterocycles. The summed E-state index contributed by atoms with van der Waals surface area (Å²) in [7, 11) is 7.90. The summed E-state index contributed by atoms with van der Waals surface area (Å²) in [5.74, 6) is 0. The van der Waals surface area contributed by atoms with Crippen molar-refractivity contribution in [3.05, 3.63) is 0 Å². The Labute approximate surface area is 85.7 Å². The summed E-state index contributed by atoms with van der Waals surface area (Å²) in [6.45, 7) is 9.40. The minimum Gasteiger partial charge on any atom is -0.319 e. The molecule has 0 bridgehead atoms. The average Bonchev–Trinajstić information content (AvgIpc) is 1.82. The predicted molar refractivity (Wildman–Crippen MR) is 63.4 cm³/mol. The normalized spacial score (nSPS) is 15.9. The van der Waals surface area contributed by atoms with E-state index in [0.717, 1.165) is 5.54 Å². The maximum absolute atomic E-state index is 2.43. The third kappa shape index (κ3) is 3.79. The van der Waals surface area contributed by atoms with E-state index in [1.165, 1.54) is 0 Å². The van der Waals surface area contributed by atoms with Crippen molar-refractivity contribution in [1.82, 2.24) is 9.13 Å². The first-order valence-corrected chi connectivity index (χ1v) is 6.70. The standard InChI is InChI=1S/C10H26N2Si/c1-9(10(2,3)4)13(11(5)6)12(7)8/h9,13H,1-8H3. The quantitative estimate of drug-likeness (QED) is 0.644. The van der Waals surface area contributed by atoms with Crippen LogP contribution in [0.25, 0.3) is 0 Å². The SMILES string of the molecule is CC([SiH](N(C)C)N(C)C)C(C)(C)C. The smallest absolute Gasteiger partial charge is 0.192 e. The zero-order chi connectivity index (χ0) is 10.8. The Morgan fingerprint density at radius 1 is 0.923 bits per heavy atom. The Hall–Kier alpha value is 0.137. The van der Waals surface area contributed by atoms with Gasteiger partial charge < -0.3 is 9.13 Å². The molecule has 0 saturated carbocycles. The monoisotopic (exact) mass is 202 g/mol. The van der Waals surface area contributed by atoms with Crippen molar-refractivity contribution in [3.63, 3.8) is 0 Å². The lowest BCUT2D eigenvalue weighted by Crippen LogP contribution is -2.51. The Morgan fingerprint density at radius 2 is 1.23 bits per heavy atom. The molecule has 0 aliphatic rings. The van der Waals surface area contributed by atoms with Gasteiger partial charge in [-0.05, 0) is 39.1 Å². The summed E-state index contributed by atoms with van der Waals surface area (Å²) in [6.07, 6.45) is 0. The lowest BCUT2D eigenvalue weighted by Gasteiger charge is -2.40. The Bertz CT molecular complexity index is 141. The summed E-state index contributed by atoms with van der Waals surface area (Å²) >= 11 is 0. The van der Waals surface area contributed by atoms with Crippen LogP contribution in [0, 0.1) is 5.41 Å². The summed E-state index contributed by atoms with van der Waals surface area (Å²) in [5, 5.41) is 0. The van der Waals surface area contributed by atoms with Crippen LogP contribution in [0.1, 0.15) is 27.7 Å². The van der Waals surface area contributed by atoms with Gasteiger partial charge in [-0.15, -0.1) is 0 Å². The molecule has 0 fully saturated rings. The molecule has 3 heteroatoms.